The van der Waals surface area contributed by atoms with Crippen molar-refractivity contribution in [1.82, 2.24) is 0 Å². The van der Waals surface area contributed by atoms with Gasteiger partial charge in [-0.15, -0.1) is 0 Å². The van der Waals surface area contributed by atoms with E-state index in [1.54, 1.807) is 6.08 Å². The number of hydrogen-bond donors (Lipinski definition) is 0. The fourth-order valence-corrected chi connectivity index (χ4v) is 1.79. The Hall–Kier alpha value is -1.55. The largest absolute Gasteiger partial charge is 0.490 e. The zero-order valence-electron chi connectivity index (χ0n) is 10.6. The van der Waals surface area contributed by atoms with Crippen molar-refractivity contribution in [3.8, 4) is 0 Å². The molecule has 0 aliphatic rings. The number of ether oxygens (including phenoxy) is 2. The molecule has 0 radical (unpaired) electrons. The number of carbonyl (C=O) groups excluding carboxylic acids is 1. The minimum atomic E-state index is -0.489. The first-order valence-corrected chi connectivity index (χ1v) is 6.14. The highest BCUT2D eigenvalue weighted by Crippen LogP contribution is 2.19. The third kappa shape index (κ3) is 4.04. The van der Waals surface area contributed by atoms with Gasteiger partial charge in [0.15, 0.2) is 0 Å². The van der Waals surface area contributed by atoms with Gasteiger partial charge in [-0.1, -0.05) is 40.2 Å². The van der Waals surface area contributed by atoms with Crippen molar-refractivity contribution in [2.45, 2.75) is 6.92 Å². The minimum absolute atomic E-state index is 0.179. The molecule has 1 rings (SSSR count). The lowest BCUT2D eigenvalue weighted by atomic mass is 10.1. The summed E-state index contributed by atoms with van der Waals surface area (Å²) < 4.78 is 10.6. The summed E-state index contributed by atoms with van der Waals surface area (Å²) in [6, 6.07) is 7.83. The SMILES string of the molecule is COC(=O)/C(=C\C(C)=C\c1ccccc1Br)OC. The molecular weight excluding hydrogens is 296 g/mol. The Morgan fingerprint density at radius 2 is 1.89 bits per heavy atom. The number of benzene rings is 1. The molecule has 96 valence electrons. The van der Waals surface area contributed by atoms with Crippen LogP contribution in [-0.4, -0.2) is 20.2 Å². The number of hydrogen-bond acceptors (Lipinski definition) is 3. The van der Waals surface area contributed by atoms with Crippen LogP contribution in [0.2, 0.25) is 0 Å². The monoisotopic (exact) mass is 310 g/mol. The van der Waals surface area contributed by atoms with E-state index in [9.17, 15) is 4.79 Å². The molecule has 0 atom stereocenters. The van der Waals surface area contributed by atoms with E-state index >= 15 is 0 Å². The molecule has 0 saturated carbocycles. The first kappa shape index (κ1) is 14.5. The lowest BCUT2D eigenvalue weighted by Crippen LogP contribution is -2.06. The zero-order valence-corrected chi connectivity index (χ0v) is 12.2. The summed E-state index contributed by atoms with van der Waals surface area (Å²) in [6.45, 7) is 1.89. The van der Waals surface area contributed by atoms with Gasteiger partial charge in [0.25, 0.3) is 0 Å². The van der Waals surface area contributed by atoms with E-state index in [4.69, 9.17) is 4.74 Å². The zero-order chi connectivity index (χ0) is 13.5. The van der Waals surface area contributed by atoms with E-state index in [1.165, 1.54) is 14.2 Å². The molecule has 18 heavy (non-hydrogen) atoms. The van der Waals surface area contributed by atoms with Gasteiger partial charge in [0.2, 0.25) is 5.76 Å². The molecule has 0 N–H and O–H groups in total. The van der Waals surface area contributed by atoms with E-state index in [-0.39, 0.29) is 5.76 Å². The minimum Gasteiger partial charge on any atom is -0.490 e. The molecule has 0 aliphatic carbocycles. The summed E-state index contributed by atoms with van der Waals surface area (Å²) in [7, 11) is 2.76. The number of allylic oxidation sites excluding steroid dienone is 2. The summed E-state index contributed by atoms with van der Waals surface area (Å²) in [5, 5.41) is 0. The highest BCUT2D eigenvalue weighted by Gasteiger charge is 2.09. The fraction of sp³-hybridized carbons (Fsp3) is 0.214. The standard InChI is InChI=1S/C14H15BrO3/c1-10(9-13(17-2)14(16)18-3)8-11-6-4-5-7-12(11)15/h4-9H,1-3H3/b10-8+,13-9+. The van der Waals surface area contributed by atoms with Crippen molar-refractivity contribution in [1.29, 1.82) is 0 Å². The van der Waals surface area contributed by atoms with E-state index in [1.807, 2.05) is 37.3 Å². The lowest BCUT2D eigenvalue weighted by molar-refractivity contribution is -0.139. The van der Waals surface area contributed by atoms with E-state index in [0.29, 0.717) is 0 Å². The third-order valence-electron chi connectivity index (χ3n) is 2.25. The Morgan fingerprint density at radius 1 is 1.22 bits per heavy atom. The second kappa shape index (κ2) is 7.01. The first-order chi connectivity index (χ1) is 8.58. The van der Waals surface area contributed by atoms with Crippen LogP contribution in [-0.2, 0) is 14.3 Å². The third-order valence-corrected chi connectivity index (χ3v) is 2.98. The predicted octanol–water partition coefficient (Wildman–Crippen LogP) is 3.56. The van der Waals surface area contributed by atoms with Crippen LogP contribution in [0.25, 0.3) is 6.08 Å². The van der Waals surface area contributed by atoms with Gasteiger partial charge in [0, 0.05) is 4.47 Å². The van der Waals surface area contributed by atoms with Crippen LogP contribution < -0.4 is 0 Å². The van der Waals surface area contributed by atoms with Gasteiger partial charge >= 0.3 is 5.97 Å². The fourth-order valence-electron chi connectivity index (χ4n) is 1.39. The van der Waals surface area contributed by atoms with Crippen molar-refractivity contribution >= 4 is 28.0 Å². The number of esters is 1. The first-order valence-electron chi connectivity index (χ1n) is 5.35. The normalized spacial score (nSPS) is 12.2. The topological polar surface area (TPSA) is 35.5 Å². The van der Waals surface area contributed by atoms with Gasteiger partial charge in [-0.25, -0.2) is 4.79 Å². The van der Waals surface area contributed by atoms with E-state index in [2.05, 4.69) is 20.7 Å². The molecule has 0 heterocycles. The Balaban J connectivity index is 3.00. The van der Waals surface area contributed by atoms with Crippen LogP contribution in [0.3, 0.4) is 0 Å². The Labute approximate surface area is 115 Å². The molecule has 0 spiro atoms. The number of methoxy groups -OCH3 is 2. The van der Waals surface area contributed by atoms with Crippen molar-refractivity contribution in [3.63, 3.8) is 0 Å². The summed E-state index contributed by atoms with van der Waals surface area (Å²) in [6.07, 6.45) is 3.59. The quantitative estimate of drug-likeness (QED) is 0.369. The highest BCUT2D eigenvalue weighted by atomic mass is 79.9. The average Bonchev–Trinajstić information content (AvgIpc) is 2.37. The molecule has 1 aromatic carbocycles. The van der Waals surface area contributed by atoms with Gasteiger partial charge in [0.1, 0.15) is 0 Å². The summed E-state index contributed by atoms with van der Waals surface area (Å²) >= 11 is 3.46. The lowest BCUT2D eigenvalue weighted by Gasteiger charge is -2.04. The molecule has 4 heteroatoms. The number of rotatable bonds is 4. The Morgan fingerprint density at radius 3 is 2.44 bits per heavy atom. The molecule has 0 bridgehead atoms. The van der Waals surface area contributed by atoms with Gasteiger partial charge in [0.05, 0.1) is 14.2 Å². The van der Waals surface area contributed by atoms with Crippen molar-refractivity contribution in [3.05, 3.63) is 51.7 Å². The van der Waals surface area contributed by atoms with Crippen LogP contribution in [0, 0.1) is 0 Å². The average molecular weight is 311 g/mol. The molecule has 0 aromatic heterocycles. The second-order valence-corrected chi connectivity index (χ2v) is 4.47. The second-order valence-electron chi connectivity index (χ2n) is 3.61. The summed E-state index contributed by atoms with van der Waals surface area (Å²) in [5.41, 5.74) is 1.93. The van der Waals surface area contributed by atoms with Crippen molar-refractivity contribution < 1.29 is 14.3 Å². The molecule has 0 saturated heterocycles. The van der Waals surface area contributed by atoms with Gasteiger partial charge in [-0.3, -0.25) is 0 Å². The van der Waals surface area contributed by atoms with Gasteiger partial charge in [-0.2, -0.15) is 0 Å². The van der Waals surface area contributed by atoms with Gasteiger partial charge in [-0.05, 0) is 30.2 Å². The van der Waals surface area contributed by atoms with E-state index in [0.717, 1.165) is 15.6 Å². The maximum absolute atomic E-state index is 11.3. The van der Waals surface area contributed by atoms with Crippen LogP contribution in [0.5, 0.6) is 0 Å². The highest BCUT2D eigenvalue weighted by molar-refractivity contribution is 9.10. The molecule has 0 fully saturated rings. The molecule has 0 amide bonds. The Bertz CT molecular complexity index is 490. The molecule has 0 unspecified atom stereocenters. The Kier molecular flexibility index (Phi) is 5.65. The van der Waals surface area contributed by atoms with Crippen LogP contribution in [0.1, 0.15) is 12.5 Å². The number of halogens is 1. The van der Waals surface area contributed by atoms with Gasteiger partial charge < -0.3 is 9.47 Å². The maximum Gasteiger partial charge on any atom is 0.373 e. The summed E-state index contributed by atoms with van der Waals surface area (Å²) in [4.78, 5) is 11.3. The molecular formula is C14H15BrO3. The van der Waals surface area contributed by atoms with Crippen LogP contribution in [0.15, 0.2) is 46.1 Å². The maximum atomic E-state index is 11.3. The smallest absolute Gasteiger partial charge is 0.373 e. The van der Waals surface area contributed by atoms with Crippen LogP contribution in [0.4, 0.5) is 0 Å². The molecule has 0 aliphatic heterocycles. The molecule has 1 aromatic rings. The number of carbonyl (C=O) groups is 1. The summed E-state index contributed by atoms with van der Waals surface area (Å²) in [5.74, 6) is -0.310. The van der Waals surface area contributed by atoms with Crippen LogP contribution >= 0.6 is 15.9 Å². The molecule has 3 nitrogen and oxygen atoms in total. The van der Waals surface area contributed by atoms with Crippen molar-refractivity contribution in [2.75, 3.05) is 14.2 Å². The van der Waals surface area contributed by atoms with E-state index < -0.39 is 5.97 Å². The predicted molar refractivity (Wildman–Crippen MR) is 74.9 cm³/mol. The van der Waals surface area contributed by atoms with Crippen molar-refractivity contribution in [2.24, 2.45) is 0 Å².